The number of carbonyl (C=O) groups is 1. The zero-order chi connectivity index (χ0) is 16.8. The molecule has 0 saturated carbocycles. The number of benzene rings is 2. The average molecular weight is 396 g/mol. The van der Waals surface area contributed by atoms with Crippen molar-refractivity contribution in [3.05, 3.63) is 69.2 Å². The molecule has 0 aliphatic heterocycles. The molecule has 0 aliphatic rings. The highest BCUT2D eigenvalue weighted by atomic mass is 79.9. The fourth-order valence-electron chi connectivity index (χ4n) is 2.35. The lowest BCUT2D eigenvalue weighted by molar-refractivity contribution is -0.122. The second-order valence-electron chi connectivity index (χ2n) is 5.64. The molecule has 5 heteroatoms. The van der Waals surface area contributed by atoms with Gasteiger partial charge in [-0.1, -0.05) is 51.8 Å². The van der Waals surface area contributed by atoms with Crippen molar-refractivity contribution >= 4 is 33.4 Å². The van der Waals surface area contributed by atoms with Crippen LogP contribution in [-0.2, 0) is 11.3 Å². The Kier molecular flexibility index (Phi) is 6.63. The Morgan fingerprint density at radius 1 is 1.26 bits per heavy atom. The molecular weight excluding hydrogens is 376 g/mol. The third-order valence-electron chi connectivity index (χ3n) is 3.51. The summed E-state index contributed by atoms with van der Waals surface area (Å²) >= 11 is 9.41. The normalized spacial score (nSPS) is 12.2. The van der Waals surface area contributed by atoms with E-state index in [1.54, 1.807) is 0 Å². The number of likely N-dealkylation sites (N-methyl/N-ethyl adjacent to an activating group) is 1. The smallest absolute Gasteiger partial charge is 0.234 e. The van der Waals surface area contributed by atoms with Gasteiger partial charge < -0.3 is 5.32 Å². The highest BCUT2D eigenvalue weighted by Gasteiger charge is 2.12. The van der Waals surface area contributed by atoms with Crippen LogP contribution in [0.5, 0.6) is 0 Å². The van der Waals surface area contributed by atoms with Gasteiger partial charge >= 0.3 is 0 Å². The van der Waals surface area contributed by atoms with E-state index in [9.17, 15) is 4.79 Å². The quantitative estimate of drug-likeness (QED) is 0.785. The largest absolute Gasteiger partial charge is 0.348 e. The number of nitrogens with zero attached hydrogens (tertiary/aromatic N) is 1. The van der Waals surface area contributed by atoms with Crippen molar-refractivity contribution in [3.63, 3.8) is 0 Å². The maximum atomic E-state index is 12.2. The monoisotopic (exact) mass is 394 g/mol. The minimum atomic E-state index is -0.0673. The Morgan fingerprint density at radius 3 is 2.61 bits per heavy atom. The van der Waals surface area contributed by atoms with Crippen molar-refractivity contribution in [3.8, 4) is 0 Å². The molecule has 1 amide bonds. The van der Waals surface area contributed by atoms with Gasteiger partial charge in [0.1, 0.15) is 0 Å². The molecule has 0 aliphatic carbocycles. The first-order chi connectivity index (χ1) is 10.9. The van der Waals surface area contributed by atoms with Crippen LogP contribution >= 0.6 is 27.5 Å². The summed E-state index contributed by atoms with van der Waals surface area (Å²) in [6, 6.07) is 15.6. The van der Waals surface area contributed by atoms with E-state index in [0.29, 0.717) is 11.6 Å². The Morgan fingerprint density at radius 2 is 1.96 bits per heavy atom. The molecule has 3 nitrogen and oxygen atoms in total. The number of carbonyl (C=O) groups excluding carboxylic acids is 1. The summed E-state index contributed by atoms with van der Waals surface area (Å²) in [6.07, 6.45) is 0. The summed E-state index contributed by atoms with van der Waals surface area (Å²) in [4.78, 5) is 14.2. The van der Waals surface area contributed by atoms with E-state index in [0.717, 1.165) is 16.6 Å². The third-order valence-corrected chi connectivity index (χ3v) is 4.27. The van der Waals surface area contributed by atoms with Gasteiger partial charge in [-0.3, -0.25) is 9.69 Å². The number of hydrogen-bond acceptors (Lipinski definition) is 2. The summed E-state index contributed by atoms with van der Waals surface area (Å²) in [5.41, 5.74) is 2.17. The van der Waals surface area contributed by atoms with Crippen molar-refractivity contribution in [1.29, 1.82) is 0 Å². The summed E-state index contributed by atoms with van der Waals surface area (Å²) in [7, 11) is 1.94. The Bertz CT molecular complexity index is 660. The van der Waals surface area contributed by atoms with Gasteiger partial charge in [0, 0.05) is 16.0 Å². The summed E-state index contributed by atoms with van der Waals surface area (Å²) in [6.45, 7) is 3.03. The van der Waals surface area contributed by atoms with E-state index >= 15 is 0 Å². The Balaban J connectivity index is 1.85. The van der Waals surface area contributed by atoms with Crippen molar-refractivity contribution in [2.75, 3.05) is 13.6 Å². The molecule has 0 heterocycles. The van der Waals surface area contributed by atoms with E-state index < -0.39 is 0 Å². The van der Waals surface area contributed by atoms with Gasteiger partial charge in [-0.25, -0.2) is 0 Å². The van der Waals surface area contributed by atoms with Crippen molar-refractivity contribution in [1.82, 2.24) is 10.2 Å². The highest BCUT2D eigenvalue weighted by Crippen LogP contribution is 2.17. The first kappa shape index (κ1) is 18.0. The molecule has 122 valence electrons. The molecule has 0 aromatic heterocycles. The van der Waals surface area contributed by atoms with Crippen molar-refractivity contribution in [2.24, 2.45) is 0 Å². The second kappa shape index (κ2) is 8.48. The van der Waals surface area contributed by atoms with E-state index in [1.165, 1.54) is 5.56 Å². The van der Waals surface area contributed by atoms with Gasteiger partial charge in [-0.2, -0.15) is 0 Å². The topological polar surface area (TPSA) is 32.3 Å². The molecule has 0 saturated heterocycles. The van der Waals surface area contributed by atoms with Gasteiger partial charge in [-0.15, -0.1) is 0 Å². The molecule has 0 radical (unpaired) electrons. The van der Waals surface area contributed by atoms with Gasteiger partial charge in [0.25, 0.3) is 0 Å². The minimum absolute atomic E-state index is 0.00270. The SMILES string of the molecule is C[C@@H](NC(=O)CN(C)Cc1ccc(Br)cc1)c1cccc(Cl)c1. The van der Waals surface area contributed by atoms with Crippen LogP contribution in [0.25, 0.3) is 0 Å². The van der Waals surface area contributed by atoms with Crippen LogP contribution in [0, 0.1) is 0 Å². The van der Waals surface area contributed by atoms with Gasteiger partial charge in [0.05, 0.1) is 12.6 Å². The zero-order valence-corrected chi connectivity index (χ0v) is 15.6. The van der Waals surface area contributed by atoms with E-state index in [2.05, 4.69) is 21.2 Å². The lowest BCUT2D eigenvalue weighted by Gasteiger charge is -2.19. The van der Waals surface area contributed by atoms with Gasteiger partial charge in [-0.05, 0) is 49.4 Å². The molecular formula is C18H20BrClN2O. The lowest BCUT2D eigenvalue weighted by atomic mass is 10.1. The minimum Gasteiger partial charge on any atom is -0.348 e. The first-order valence-electron chi connectivity index (χ1n) is 7.42. The van der Waals surface area contributed by atoms with E-state index in [1.807, 2.05) is 67.4 Å². The predicted octanol–water partition coefficient (Wildman–Crippen LogP) is 4.41. The fourth-order valence-corrected chi connectivity index (χ4v) is 2.81. The maximum absolute atomic E-state index is 12.2. The van der Waals surface area contributed by atoms with Crippen LogP contribution in [0.1, 0.15) is 24.1 Å². The molecule has 2 aromatic rings. The summed E-state index contributed by atoms with van der Waals surface area (Å²) < 4.78 is 1.05. The summed E-state index contributed by atoms with van der Waals surface area (Å²) in [5.74, 6) is -0.00270. The van der Waals surface area contributed by atoms with Gasteiger partial charge in [0.15, 0.2) is 0 Å². The van der Waals surface area contributed by atoms with Gasteiger partial charge in [0.2, 0.25) is 5.91 Å². The van der Waals surface area contributed by atoms with Crippen molar-refractivity contribution < 1.29 is 4.79 Å². The number of hydrogen-bond donors (Lipinski definition) is 1. The summed E-state index contributed by atoms with van der Waals surface area (Å²) in [5, 5.41) is 3.68. The molecule has 2 aromatic carbocycles. The van der Waals surface area contributed by atoms with Crippen LogP contribution in [0.3, 0.4) is 0 Å². The average Bonchev–Trinajstić information content (AvgIpc) is 2.49. The maximum Gasteiger partial charge on any atom is 0.234 e. The zero-order valence-electron chi connectivity index (χ0n) is 13.2. The van der Waals surface area contributed by atoms with Crippen LogP contribution in [0.4, 0.5) is 0 Å². The molecule has 23 heavy (non-hydrogen) atoms. The van der Waals surface area contributed by atoms with Crippen LogP contribution < -0.4 is 5.32 Å². The molecule has 0 spiro atoms. The van der Waals surface area contributed by atoms with Crippen LogP contribution in [0.15, 0.2) is 53.0 Å². The molecule has 0 unspecified atom stereocenters. The van der Waals surface area contributed by atoms with Crippen molar-refractivity contribution in [2.45, 2.75) is 19.5 Å². The third kappa shape index (κ3) is 5.98. The molecule has 2 rings (SSSR count). The predicted molar refractivity (Wildman–Crippen MR) is 98.5 cm³/mol. The Hall–Kier alpha value is -1.36. The molecule has 0 fully saturated rings. The molecule has 1 atom stereocenters. The second-order valence-corrected chi connectivity index (χ2v) is 7.00. The standard InChI is InChI=1S/C18H20BrClN2O/c1-13(15-4-3-5-17(20)10-15)21-18(23)12-22(2)11-14-6-8-16(19)9-7-14/h3-10,13H,11-12H2,1-2H3,(H,21,23)/t13-/m1/s1. The number of nitrogens with one attached hydrogen (secondary N) is 1. The number of amides is 1. The highest BCUT2D eigenvalue weighted by molar-refractivity contribution is 9.10. The van der Waals surface area contributed by atoms with Crippen LogP contribution in [0.2, 0.25) is 5.02 Å². The number of halogens is 2. The number of rotatable bonds is 6. The lowest BCUT2D eigenvalue weighted by Crippen LogP contribution is -2.36. The van der Waals surface area contributed by atoms with Crippen LogP contribution in [-0.4, -0.2) is 24.4 Å². The van der Waals surface area contributed by atoms with E-state index in [-0.39, 0.29) is 11.9 Å². The van der Waals surface area contributed by atoms with E-state index in [4.69, 9.17) is 11.6 Å². The first-order valence-corrected chi connectivity index (χ1v) is 8.59. The Labute approximate surface area is 150 Å². The molecule has 0 bridgehead atoms. The molecule has 1 N–H and O–H groups in total. The fraction of sp³-hybridized carbons (Fsp3) is 0.278.